The molecule has 1 heterocycles. The summed E-state index contributed by atoms with van der Waals surface area (Å²) in [6, 6.07) is 0.710. The lowest BCUT2D eigenvalue weighted by Gasteiger charge is -2.32. The summed E-state index contributed by atoms with van der Waals surface area (Å²) < 4.78 is 2.13. The van der Waals surface area contributed by atoms with Crippen molar-refractivity contribution in [1.29, 1.82) is 0 Å². The maximum Gasteiger partial charge on any atom is 0.0945 e. The fourth-order valence-corrected chi connectivity index (χ4v) is 2.12. The van der Waals surface area contributed by atoms with Crippen molar-refractivity contribution in [1.82, 2.24) is 14.9 Å². The second-order valence-corrected chi connectivity index (χ2v) is 4.59. The topological polar surface area (TPSA) is 29.9 Å². The van der Waals surface area contributed by atoms with Gasteiger partial charge in [0.2, 0.25) is 0 Å². The molecule has 0 aliphatic heterocycles. The van der Waals surface area contributed by atoms with Crippen LogP contribution in [-0.4, -0.2) is 22.1 Å². The lowest BCUT2D eigenvalue weighted by atomic mass is 9.80. The third-order valence-electron chi connectivity index (χ3n) is 3.48. The molecule has 15 heavy (non-hydrogen) atoms. The monoisotopic (exact) mass is 207 g/mol. The van der Waals surface area contributed by atoms with Crippen LogP contribution in [0.25, 0.3) is 0 Å². The maximum atomic E-state index is 4.03. The van der Waals surface area contributed by atoms with Crippen LogP contribution in [-0.2, 0) is 6.54 Å². The molecule has 1 unspecified atom stereocenters. The predicted molar refractivity (Wildman–Crippen MR) is 61.6 cm³/mol. The van der Waals surface area contributed by atoms with Crippen molar-refractivity contribution in [3.63, 3.8) is 0 Å². The molecule has 1 aromatic rings. The summed E-state index contributed by atoms with van der Waals surface area (Å²) in [4.78, 5) is 4.03. The fraction of sp³-hybridized carbons (Fsp3) is 0.750. The van der Waals surface area contributed by atoms with E-state index in [-0.39, 0.29) is 0 Å². The first-order valence-corrected chi connectivity index (χ1v) is 6.05. The van der Waals surface area contributed by atoms with Crippen LogP contribution >= 0.6 is 0 Å². The first kappa shape index (κ1) is 10.7. The number of aryl methyl sites for hydroxylation is 1. The molecule has 0 saturated heterocycles. The molecular weight excluding hydrogens is 186 g/mol. The zero-order chi connectivity index (χ0) is 10.5. The summed E-state index contributed by atoms with van der Waals surface area (Å²) in [5.41, 5.74) is 0. The number of rotatable bonds is 6. The first-order valence-electron chi connectivity index (χ1n) is 6.05. The largest absolute Gasteiger partial charge is 0.337 e. The van der Waals surface area contributed by atoms with Gasteiger partial charge in [0.1, 0.15) is 0 Å². The van der Waals surface area contributed by atoms with Gasteiger partial charge in [0.25, 0.3) is 0 Å². The van der Waals surface area contributed by atoms with Gasteiger partial charge in [-0.2, -0.15) is 0 Å². The summed E-state index contributed by atoms with van der Waals surface area (Å²) in [6.45, 7) is 4.52. The summed E-state index contributed by atoms with van der Waals surface area (Å²) in [6.07, 6.45) is 11.2. The molecule has 1 aliphatic carbocycles. The summed E-state index contributed by atoms with van der Waals surface area (Å²) in [5, 5.41) is 3.61. The van der Waals surface area contributed by atoms with Gasteiger partial charge >= 0.3 is 0 Å². The highest BCUT2D eigenvalue weighted by Crippen LogP contribution is 2.29. The molecule has 1 fully saturated rings. The number of aromatic nitrogens is 2. The lowest BCUT2D eigenvalue weighted by molar-refractivity contribution is 0.240. The highest BCUT2D eigenvalue weighted by Gasteiger charge is 2.22. The highest BCUT2D eigenvalue weighted by molar-refractivity contribution is 4.79. The van der Waals surface area contributed by atoms with E-state index in [4.69, 9.17) is 0 Å². The van der Waals surface area contributed by atoms with Crippen LogP contribution in [0.4, 0.5) is 0 Å². The SMILES string of the molecule is CC(NCCCn1ccnc1)C1CCC1. The molecular formula is C12H21N3. The number of nitrogens with one attached hydrogen (secondary N) is 1. The van der Waals surface area contributed by atoms with E-state index in [1.165, 1.54) is 25.7 Å². The van der Waals surface area contributed by atoms with Crippen LogP contribution in [0.15, 0.2) is 18.7 Å². The maximum absolute atomic E-state index is 4.03. The van der Waals surface area contributed by atoms with Gasteiger partial charge < -0.3 is 9.88 Å². The van der Waals surface area contributed by atoms with Crippen molar-refractivity contribution < 1.29 is 0 Å². The third-order valence-corrected chi connectivity index (χ3v) is 3.48. The van der Waals surface area contributed by atoms with Crippen LogP contribution in [0.3, 0.4) is 0 Å². The molecule has 0 radical (unpaired) electrons. The molecule has 1 N–H and O–H groups in total. The van der Waals surface area contributed by atoms with E-state index in [9.17, 15) is 0 Å². The molecule has 2 rings (SSSR count). The first-order chi connectivity index (χ1) is 7.36. The Kier molecular flexibility index (Phi) is 3.78. The Hall–Kier alpha value is -0.830. The summed E-state index contributed by atoms with van der Waals surface area (Å²) >= 11 is 0. The van der Waals surface area contributed by atoms with E-state index in [0.717, 1.165) is 19.0 Å². The molecule has 1 atom stereocenters. The molecule has 1 saturated carbocycles. The van der Waals surface area contributed by atoms with Crippen molar-refractivity contribution >= 4 is 0 Å². The molecule has 0 spiro atoms. The standard InChI is InChI=1S/C12H21N3/c1-11(12-4-2-5-12)14-6-3-8-15-9-7-13-10-15/h7,9-12,14H,2-6,8H2,1H3. The Morgan fingerprint density at radius 2 is 2.40 bits per heavy atom. The molecule has 84 valence electrons. The van der Waals surface area contributed by atoms with E-state index >= 15 is 0 Å². The van der Waals surface area contributed by atoms with Gasteiger partial charge in [0, 0.05) is 25.0 Å². The Labute approximate surface area is 91.9 Å². The molecule has 0 amide bonds. The lowest BCUT2D eigenvalue weighted by Crippen LogP contribution is -2.37. The van der Waals surface area contributed by atoms with Crippen molar-refractivity contribution in [2.24, 2.45) is 5.92 Å². The molecule has 0 aromatic carbocycles. The predicted octanol–water partition coefficient (Wildman–Crippen LogP) is 2.05. The molecule has 0 bridgehead atoms. The zero-order valence-corrected chi connectivity index (χ0v) is 9.52. The molecule has 3 heteroatoms. The summed E-state index contributed by atoms with van der Waals surface area (Å²) in [7, 11) is 0. The molecule has 1 aromatic heterocycles. The average Bonchev–Trinajstić information content (AvgIpc) is 2.62. The van der Waals surface area contributed by atoms with Gasteiger partial charge in [-0.1, -0.05) is 6.42 Å². The van der Waals surface area contributed by atoms with E-state index in [0.29, 0.717) is 6.04 Å². The minimum Gasteiger partial charge on any atom is -0.337 e. The highest BCUT2D eigenvalue weighted by atomic mass is 15.0. The minimum absolute atomic E-state index is 0.710. The quantitative estimate of drug-likeness (QED) is 0.724. The van der Waals surface area contributed by atoms with Crippen LogP contribution in [0.2, 0.25) is 0 Å². The smallest absolute Gasteiger partial charge is 0.0945 e. The van der Waals surface area contributed by atoms with Crippen molar-refractivity contribution in [2.45, 2.75) is 45.2 Å². The van der Waals surface area contributed by atoms with Gasteiger partial charge in [0.05, 0.1) is 6.33 Å². The van der Waals surface area contributed by atoms with Crippen LogP contribution in [0.1, 0.15) is 32.6 Å². The van der Waals surface area contributed by atoms with Gasteiger partial charge in [0.15, 0.2) is 0 Å². The van der Waals surface area contributed by atoms with Gasteiger partial charge in [-0.3, -0.25) is 0 Å². The van der Waals surface area contributed by atoms with Gasteiger partial charge in [-0.15, -0.1) is 0 Å². The van der Waals surface area contributed by atoms with E-state index in [2.05, 4.69) is 21.8 Å². The Bertz CT molecular complexity index is 264. The molecule has 1 aliphatic rings. The van der Waals surface area contributed by atoms with Crippen molar-refractivity contribution in [2.75, 3.05) is 6.54 Å². The number of nitrogens with zero attached hydrogens (tertiary/aromatic N) is 2. The van der Waals surface area contributed by atoms with E-state index in [1.54, 1.807) is 0 Å². The van der Waals surface area contributed by atoms with Crippen LogP contribution in [0, 0.1) is 5.92 Å². The van der Waals surface area contributed by atoms with Gasteiger partial charge in [-0.25, -0.2) is 4.98 Å². The fourth-order valence-electron chi connectivity index (χ4n) is 2.12. The Morgan fingerprint density at radius 1 is 1.53 bits per heavy atom. The number of hydrogen-bond acceptors (Lipinski definition) is 2. The van der Waals surface area contributed by atoms with Crippen molar-refractivity contribution in [3.8, 4) is 0 Å². The summed E-state index contributed by atoms with van der Waals surface area (Å²) in [5.74, 6) is 0.943. The van der Waals surface area contributed by atoms with Crippen LogP contribution in [0.5, 0.6) is 0 Å². The normalized spacial score (nSPS) is 18.7. The van der Waals surface area contributed by atoms with E-state index < -0.39 is 0 Å². The second kappa shape index (κ2) is 5.31. The minimum atomic E-state index is 0.710. The Balaban J connectivity index is 1.54. The molecule has 3 nitrogen and oxygen atoms in total. The second-order valence-electron chi connectivity index (χ2n) is 4.59. The van der Waals surface area contributed by atoms with Crippen LogP contribution < -0.4 is 5.32 Å². The zero-order valence-electron chi connectivity index (χ0n) is 9.52. The number of hydrogen-bond donors (Lipinski definition) is 1. The number of imidazole rings is 1. The average molecular weight is 207 g/mol. The van der Waals surface area contributed by atoms with E-state index in [1.807, 2.05) is 18.7 Å². The Morgan fingerprint density at radius 3 is 3.00 bits per heavy atom. The third kappa shape index (κ3) is 3.06. The van der Waals surface area contributed by atoms with Crippen molar-refractivity contribution in [3.05, 3.63) is 18.7 Å². The van der Waals surface area contributed by atoms with Gasteiger partial charge in [-0.05, 0) is 38.6 Å².